The molecule has 0 aliphatic carbocycles. The third-order valence-electron chi connectivity index (χ3n) is 7.91. The lowest BCUT2D eigenvalue weighted by Gasteiger charge is -2.35. The Morgan fingerprint density at radius 1 is 0.957 bits per heavy atom. The van der Waals surface area contributed by atoms with Crippen LogP contribution in [0.5, 0.6) is 0 Å². The second-order valence-electron chi connectivity index (χ2n) is 11.2. The molecule has 5 rings (SSSR count). The summed E-state index contributed by atoms with van der Waals surface area (Å²) in [7, 11) is 0. The van der Waals surface area contributed by atoms with Gasteiger partial charge < -0.3 is 15.3 Å². The molecule has 0 bridgehead atoms. The number of benzene rings is 3. The van der Waals surface area contributed by atoms with Gasteiger partial charge in [-0.15, -0.1) is 11.8 Å². The first kappa shape index (κ1) is 34.3. The van der Waals surface area contributed by atoms with Crippen molar-refractivity contribution in [3.05, 3.63) is 110 Å². The van der Waals surface area contributed by atoms with E-state index in [1.807, 2.05) is 66.6 Å². The largest absolute Gasteiger partial charge is 0.417 e. The molecule has 0 saturated carbocycles. The van der Waals surface area contributed by atoms with Crippen molar-refractivity contribution in [3.8, 4) is 16.9 Å². The van der Waals surface area contributed by atoms with Crippen LogP contribution in [0.15, 0.2) is 87.3 Å². The second kappa shape index (κ2) is 14.4. The Kier molecular flexibility index (Phi) is 10.5. The van der Waals surface area contributed by atoms with Gasteiger partial charge in [-0.25, -0.2) is 9.59 Å². The molecule has 0 spiro atoms. The highest BCUT2D eigenvalue weighted by molar-refractivity contribution is 7.98. The lowest BCUT2D eigenvalue weighted by Crippen LogP contribution is -2.52. The van der Waals surface area contributed by atoms with Crippen molar-refractivity contribution >= 4 is 35.1 Å². The number of urea groups is 1. The molecule has 1 aromatic heterocycles. The molecule has 1 unspecified atom stereocenters. The number of nitrogens with zero attached hydrogens (tertiary/aromatic N) is 4. The number of hydrogen-bond donors (Lipinski definition) is 2. The summed E-state index contributed by atoms with van der Waals surface area (Å²) >= 11 is 7.23. The van der Waals surface area contributed by atoms with E-state index in [1.165, 1.54) is 21.6 Å². The van der Waals surface area contributed by atoms with Gasteiger partial charge in [-0.2, -0.15) is 13.2 Å². The van der Waals surface area contributed by atoms with Gasteiger partial charge in [-0.3, -0.25) is 18.8 Å². The maximum Gasteiger partial charge on any atom is 0.417 e. The number of carbonyl (C=O) groups is 1. The summed E-state index contributed by atoms with van der Waals surface area (Å²) in [6.45, 7) is 3.08. The highest BCUT2D eigenvalue weighted by atomic mass is 35.5. The zero-order valence-electron chi connectivity index (χ0n) is 25.6. The minimum absolute atomic E-state index is 0.0331. The quantitative estimate of drug-likeness (QED) is 0.235. The van der Waals surface area contributed by atoms with Crippen LogP contribution < -0.4 is 16.6 Å². The fourth-order valence-corrected chi connectivity index (χ4v) is 6.02. The van der Waals surface area contributed by atoms with Crippen LogP contribution in [0.4, 0.5) is 23.7 Å². The summed E-state index contributed by atoms with van der Waals surface area (Å²) in [4.78, 5) is 44.3. The molecule has 14 heteroatoms. The Bertz CT molecular complexity index is 1860. The first-order chi connectivity index (χ1) is 22.3. The van der Waals surface area contributed by atoms with Gasteiger partial charge in [0.25, 0.3) is 5.56 Å². The molecule has 1 fully saturated rings. The van der Waals surface area contributed by atoms with Crippen LogP contribution >= 0.6 is 23.4 Å². The van der Waals surface area contributed by atoms with Crippen molar-refractivity contribution in [1.82, 2.24) is 18.9 Å². The number of rotatable bonds is 8. The fourth-order valence-electron chi connectivity index (χ4n) is 5.39. The number of anilines is 1. The zero-order valence-corrected chi connectivity index (χ0v) is 27.2. The van der Waals surface area contributed by atoms with Crippen molar-refractivity contribution in [1.29, 1.82) is 0 Å². The van der Waals surface area contributed by atoms with Crippen LogP contribution in [0, 0.1) is 6.92 Å². The normalized spacial score (nSPS) is 14.7. The molecule has 1 aliphatic heterocycles. The van der Waals surface area contributed by atoms with Gasteiger partial charge in [0.15, 0.2) is 0 Å². The van der Waals surface area contributed by atoms with Gasteiger partial charge in [0, 0.05) is 49.4 Å². The molecule has 1 atom stereocenters. The molecule has 47 heavy (non-hydrogen) atoms. The van der Waals surface area contributed by atoms with E-state index in [0.29, 0.717) is 30.0 Å². The van der Waals surface area contributed by atoms with E-state index in [9.17, 15) is 32.7 Å². The van der Waals surface area contributed by atoms with Gasteiger partial charge in [0.05, 0.1) is 34.6 Å². The van der Waals surface area contributed by atoms with Gasteiger partial charge in [0.1, 0.15) is 0 Å². The first-order valence-electron chi connectivity index (χ1n) is 14.8. The molecule has 248 valence electrons. The second-order valence-corrected chi connectivity index (χ2v) is 12.5. The van der Waals surface area contributed by atoms with Gasteiger partial charge >= 0.3 is 17.9 Å². The molecule has 9 nitrogen and oxygen atoms in total. The van der Waals surface area contributed by atoms with Crippen molar-refractivity contribution in [3.63, 3.8) is 0 Å². The van der Waals surface area contributed by atoms with Crippen molar-refractivity contribution in [2.45, 2.75) is 30.6 Å². The minimum Gasteiger partial charge on any atom is -0.390 e. The molecular formula is C33H33ClF3N5O4S. The molecular weight excluding hydrogens is 655 g/mol. The van der Waals surface area contributed by atoms with Crippen molar-refractivity contribution in [2.75, 3.05) is 44.3 Å². The standard InChI is InChI=1S/C33H33ClF3N5O4S/c1-21-3-5-22(6-4-21)29-18-30(44)41(32(46)42(29)24-8-10-26(47-2)11-9-24)20-25(43)19-39-13-15-40(16-14-39)31(45)38-23-7-12-28(34)27(17-23)33(35,36)37/h3-12,17-18,25,43H,13-16,19-20H2,1-2H3,(H,38,45). The Hall–Kier alpha value is -4.04. The molecule has 2 amide bonds. The van der Waals surface area contributed by atoms with E-state index in [2.05, 4.69) is 5.32 Å². The van der Waals surface area contributed by atoms with E-state index in [4.69, 9.17) is 11.6 Å². The molecule has 2 heterocycles. The number of halogens is 4. The number of piperazine rings is 1. The maximum atomic E-state index is 13.9. The van der Waals surface area contributed by atoms with Crippen LogP contribution in [-0.2, 0) is 12.7 Å². The van der Waals surface area contributed by atoms with E-state index in [1.54, 1.807) is 11.8 Å². The summed E-state index contributed by atoms with van der Waals surface area (Å²) < 4.78 is 42.1. The van der Waals surface area contributed by atoms with E-state index >= 15 is 0 Å². The summed E-state index contributed by atoms with van der Waals surface area (Å²) in [5.74, 6) is 0. The first-order valence-corrected chi connectivity index (χ1v) is 16.4. The Morgan fingerprint density at radius 3 is 2.23 bits per heavy atom. The van der Waals surface area contributed by atoms with E-state index in [0.717, 1.165) is 27.2 Å². The predicted molar refractivity (Wildman–Crippen MR) is 178 cm³/mol. The van der Waals surface area contributed by atoms with Crippen molar-refractivity contribution < 1.29 is 23.1 Å². The number of aromatic nitrogens is 2. The summed E-state index contributed by atoms with van der Waals surface area (Å²) in [6, 6.07) is 18.9. The number of nitrogens with one attached hydrogen (secondary N) is 1. The number of aliphatic hydroxyl groups is 1. The number of alkyl halides is 3. The fraction of sp³-hybridized carbons (Fsp3) is 0.303. The number of β-amino-alcohol motifs (C(OH)–C–C–N with tert-alkyl or cyclic N) is 1. The lowest BCUT2D eigenvalue weighted by atomic mass is 10.1. The van der Waals surface area contributed by atoms with Gasteiger partial charge in [-0.05, 0) is 61.2 Å². The summed E-state index contributed by atoms with van der Waals surface area (Å²) in [5.41, 5.74) is 0.547. The van der Waals surface area contributed by atoms with Crippen LogP contribution in [0.3, 0.4) is 0 Å². The SMILES string of the molecule is CSc1ccc(-n2c(-c3ccc(C)cc3)cc(=O)n(CC(O)CN3CCN(C(=O)Nc4ccc(Cl)c(C(F)(F)F)c4)CC3)c2=O)cc1. The third-order valence-corrected chi connectivity index (χ3v) is 8.99. The van der Waals surface area contributed by atoms with Gasteiger partial charge in [0.2, 0.25) is 0 Å². The lowest BCUT2D eigenvalue weighted by molar-refractivity contribution is -0.137. The average Bonchev–Trinajstić information content (AvgIpc) is 3.04. The number of hydrogen-bond acceptors (Lipinski definition) is 6. The molecule has 1 aliphatic rings. The zero-order chi connectivity index (χ0) is 33.9. The predicted octanol–water partition coefficient (Wildman–Crippen LogP) is 5.58. The summed E-state index contributed by atoms with van der Waals surface area (Å²) in [6.07, 6.45) is -3.79. The minimum atomic E-state index is -4.66. The average molecular weight is 688 g/mol. The molecule has 1 saturated heterocycles. The van der Waals surface area contributed by atoms with E-state index < -0.39 is 40.1 Å². The molecule has 3 aromatic carbocycles. The molecule has 2 N–H and O–H groups in total. The number of aryl methyl sites for hydroxylation is 1. The molecule has 0 radical (unpaired) electrons. The Balaban J connectivity index is 1.27. The van der Waals surface area contributed by atoms with Crippen LogP contribution in [0.2, 0.25) is 5.02 Å². The Labute approximate surface area is 278 Å². The molecule has 4 aromatic rings. The van der Waals surface area contributed by atoms with E-state index in [-0.39, 0.29) is 31.9 Å². The third kappa shape index (κ3) is 8.10. The topological polar surface area (TPSA) is 99.8 Å². The Morgan fingerprint density at radius 2 is 1.62 bits per heavy atom. The number of aliphatic hydroxyl groups excluding tert-OH is 1. The number of carbonyl (C=O) groups excluding carboxylic acids is 1. The monoisotopic (exact) mass is 687 g/mol. The highest BCUT2D eigenvalue weighted by Crippen LogP contribution is 2.36. The van der Waals surface area contributed by atoms with Crippen LogP contribution in [0.1, 0.15) is 11.1 Å². The highest BCUT2D eigenvalue weighted by Gasteiger charge is 2.33. The maximum absolute atomic E-state index is 13.9. The van der Waals surface area contributed by atoms with Crippen LogP contribution in [0.25, 0.3) is 16.9 Å². The van der Waals surface area contributed by atoms with Crippen molar-refractivity contribution in [2.24, 2.45) is 0 Å². The summed E-state index contributed by atoms with van der Waals surface area (Å²) in [5, 5.41) is 13.0. The van der Waals surface area contributed by atoms with Crippen LogP contribution in [-0.4, -0.2) is 75.2 Å². The smallest absolute Gasteiger partial charge is 0.390 e. The van der Waals surface area contributed by atoms with Gasteiger partial charge in [-0.1, -0.05) is 41.4 Å². The number of thioether (sulfide) groups is 1. The number of amides is 2.